The summed E-state index contributed by atoms with van der Waals surface area (Å²) >= 11 is 0. The fraction of sp³-hybridized carbons (Fsp3) is 0.743. The van der Waals surface area contributed by atoms with Crippen molar-refractivity contribution in [2.75, 3.05) is 20.7 Å². The number of allylic oxidation sites excluding steroid dienone is 3. The molecule has 5 aliphatic rings. The lowest BCUT2D eigenvalue weighted by Crippen LogP contribution is -2.73. The molecule has 0 heterocycles. The van der Waals surface area contributed by atoms with Crippen molar-refractivity contribution in [3.8, 4) is 6.07 Å². The van der Waals surface area contributed by atoms with E-state index < -0.39 is 34.0 Å². The number of hydrogen-bond acceptors (Lipinski definition) is 7. The van der Waals surface area contributed by atoms with Crippen LogP contribution in [0, 0.1) is 50.2 Å². The van der Waals surface area contributed by atoms with Crippen molar-refractivity contribution in [2.24, 2.45) is 38.9 Å². The summed E-state index contributed by atoms with van der Waals surface area (Å²) in [5.74, 6) is -0.916. The van der Waals surface area contributed by atoms with Gasteiger partial charge in [-0.1, -0.05) is 40.7 Å². The Morgan fingerprint density at radius 3 is 2.43 bits per heavy atom. The van der Waals surface area contributed by atoms with Crippen molar-refractivity contribution in [1.82, 2.24) is 10.2 Å². The average molecular weight is 608 g/mol. The third-order valence-corrected chi connectivity index (χ3v) is 13.4. The molecule has 0 aromatic carbocycles. The van der Waals surface area contributed by atoms with E-state index >= 15 is 0 Å². The maximum Gasteiger partial charge on any atom is 0.407 e. The van der Waals surface area contributed by atoms with Crippen LogP contribution in [0.2, 0.25) is 0 Å². The zero-order valence-corrected chi connectivity index (χ0v) is 27.6. The first-order valence-corrected chi connectivity index (χ1v) is 16.1. The smallest absolute Gasteiger partial charge is 0.407 e. The predicted octanol–water partition coefficient (Wildman–Crippen LogP) is 4.89. The molecule has 0 bridgehead atoms. The molecule has 44 heavy (non-hydrogen) atoms. The van der Waals surface area contributed by atoms with Gasteiger partial charge in [-0.15, -0.1) is 0 Å². The first-order chi connectivity index (χ1) is 20.3. The Morgan fingerprint density at radius 2 is 1.80 bits per heavy atom. The average Bonchev–Trinajstić information content (AvgIpc) is 2.97. The lowest BCUT2D eigenvalue weighted by Gasteiger charge is -2.71. The normalized spacial score (nSPS) is 43.5. The van der Waals surface area contributed by atoms with Crippen molar-refractivity contribution in [3.05, 3.63) is 23.3 Å². The van der Waals surface area contributed by atoms with Crippen LogP contribution in [0.15, 0.2) is 23.3 Å². The number of nitrogens with zero attached hydrogens (tertiary/aromatic N) is 2. The summed E-state index contributed by atoms with van der Waals surface area (Å²) in [5, 5.41) is 25.3. The quantitative estimate of drug-likeness (QED) is 0.464. The second-order valence-electron chi connectivity index (χ2n) is 15.9. The molecular formula is C35H49N3O6. The van der Waals surface area contributed by atoms with Gasteiger partial charge in [0.15, 0.2) is 11.6 Å². The van der Waals surface area contributed by atoms with Crippen molar-refractivity contribution in [3.63, 3.8) is 0 Å². The van der Waals surface area contributed by atoms with Crippen LogP contribution in [0.25, 0.3) is 0 Å². The Labute approximate surface area is 261 Å². The molecule has 3 saturated carbocycles. The molecular weight excluding hydrogens is 558 g/mol. The van der Waals surface area contributed by atoms with E-state index in [2.05, 4.69) is 50.7 Å². The molecule has 2 amide bonds. The van der Waals surface area contributed by atoms with Gasteiger partial charge in [0.1, 0.15) is 17.7 Å². The Morgan fingerprint density at radius 1 is 1.14 bits per heavy atom. The molecule has 240 valence electrons. The third-order valence-electron chi connectivity index (χ3n) is 13.4. The molecule has 0 aromatic rings. The zero-order chi connectivity index (χ0) is 32.7. The molecule has 0 saturated heterocycles. The van der Waals surface area contributed by atoms with Crippen LogP contribution >= 0.6 is 0 Å². The SMILES string of the molecule is COC(=O)NC(C)C(=O)N(C)C[C@@]1(C)CC[C@]2(C)CC[C@@]3(C)[C@]4(C)CC[C@H]5CC(=O)C(C#N)=C[C@]5(C)C4=CC(=O)[C@]3(O)[C@@H]2C1. The van der Waals surface area contributed by atoms with Crippen LogP contribution in [0.4, 0.5) is 4.79 Å². The first-order valence-electron chi connectivity index (χ1n) is 16.1. The van der Waals surface area contributed by atoms with Gasteiger partial charge in [-0.3, -0.25) is 14.4 Å². The number of amides is 2. The molecule has 0 aliphatic heterocycles. The largest absolute Gasteiger partial charge is 0.453 e. The van der Waals surface area contributed by atoms with Crippen LogP contribution < -0.4 is 5.32 Å². The van der Waals surface area contributed by atoms with E-state index in [1.807, 2.05) is 0 Å². The van der Waals surface area contributed by atoms with Gasteiger partial charge in [-0.25, -0.2) is 4.79 Å². The van der Waals surface area contributed by atoms with Gasteiger partial charge in [0, 0.05) is 36.8 Å². The Balaban J connectivity index is 1.51. The molecule has 2 N–H and O–H groups in total. The van der Waals surface area contributed by atoms with Crippen molar-refractivity contribution >= 4 is 23.6 Å². The van der Waals surface area contributed by atoms with E-state index in [1.54, 1.807) is 31.0 Å². The lowest BCUT2D eigenvalue weighted by molar-refractivity contribution is -0.242. The van der Waals surface area contributed by atoms with Gasteiger partial charge in [0.2, 0.25) is 5.91 Å². The Bertz CT molecular complexity index is 1410. The number of likely N-dealkylation sites (N-methyl/N-ethyl adjacent to an activating group) is 1. The van der Waals surface area contributed by atoms with Gasteiger partial charge in [0.05, 0.1) is 12.7 Å². The number of ketones is 2. The number of ether oxygens (including phenoxy) is 1. The van der Waals surface area contributed by atoms with Crippen molar-refractivity contribution in [2.45, 2.75) is 105 Å². The monoisotopic (exact) mass is 607 g/mol. The van der Waals surface area contributed by atoms with Crippen LogP contribution in [-0.4, -0.2) is 65.9 Å². The van der Waals surface area contributed by atoms with Crippen LogP contribution in [0.3, 0.4) is 0 Å². The number of methoxy groups -OCH3 is 1. The highest BCUT2D eigenvalue weighted by Gasteiger charge is 2.74. The number of fused-ring (bicyclic) bond motifs is 7. The van der Waals surface area contributed by atoms with Gasteiger partial charge in [-0.2, -0.15) is 5.26 Å². The highest BCUT2D eigenvalue weighted by molar-refractivity contribution is 6.02. The summed E-state index contributed by atoms with van der Waals surface area (Å²) in [6.07, 6.45) is 8.55. The molecule has 9 atom stereocenters. The van der Waals surface area contributed by atoms with Crippen LogP contribution in [-0.2, 0) is 19.1 Å². The van der Waals surface area contributed by atoms with E-state index in [4.69, 9.17) is 0 Å². The highest BCUT2D eigenvalue weighted by Crippen LogP contribution is 2.74. The minimum atomic E-state index is -1.60. The predicted molar refractivity (Wildman–Crippen MR) is 164 cm³/mol. The van der Waals surface area contributed by atoms with E-state index in [9.17, 15) is 29.5 Å². The van der Waals surface area contributed by atoms with Crippen LogP contribution in [0.5, 0.6) is 0 Å². The summed E-state index contributed by atoms with van der Waals surface area (Å²) in [7, 11) is 2.99. The third kappa shape index (κ3) is 4.34. The number of nitriles is 1. The molecule has 3 fully saturated rings. The van der Waals surface area contributed by atoms with E-state index in [-0.39, 0.29) is 45.7 Å². The topological polar surface area (TPSA) is 137 Å². The molecule has 9 heteroatoms. The number of nitrogens with one attached hydrogen (secondary N) is 1. The first kappa shape index (κ1) is 32.4. The van der Waals surface area contributed by atoms with Crippen molar-refractivity contribution < 1.29 is 29.0 Å². The number of carbonyl (C=O) groups is 4. The summed E-state index contributed by atoms with van der Waals surface area (Å²) in [4.78, 5) is 53.7. The maximum absolute atomic E-state index is 14.5. The fourth-order valence-electron chi connectivity index (χ4n) is 10.4. The molecule has 0 aromatic heterocycles. The molecule has 9 nitrogen and oxygen atoms in total. The van der Waals surface area contributed by atoms with Gasteiger partial charge in [0.25, 0.3) is 0 Å². The maximum atomic E-state index is 14.5. The number of hydrogen-bond donors (Lipinski definition) is 2. The van der Waals surface area contributed by atoms with E-state index in [0.717, 1.165) is 37.7 Å². The molecule has 5 aliphatic carbocycles. The number of aliphatic hydroxyl groups is 1. The van der Waals surface area contributed by atoms with E-state index in [1.165, 1.54) is 7.11 Å². The lowest BCUT2D eigenvalue weighted by atomic mass is 9.33. The second kappa shape index (κ2) is 10.3. The zero-order valence-electron chi connectivity index (χ0n) is 27.6. The van der Waals surface area contributed by atoms with Crippen LogP contribution in [0.1, 0.15) is 92.9 Å². The minimum Gasteiger partial charge on any atom is -0.453 e. The van der Waals surface area contributed by atoms with Gasteiger partial charge in [-0.05, 0) is 85.7 Å². The minimum absolute atomic E-state index is 0.0185. The highest BCUT2D eigenvalue weighted by atomic mass is 16.5. The number of rotatable bonds is 4. The molecule has 5 rings (SSSR count). The fourth-order valence-corrected chi connectivity index (χ4v) is 10.4. The standard InChI is InChI=1S/C35H49N3O6/c1-21(37-29(42)44-8)28(41)38(7)20-30(2)11-12-31(3)13-14-34(6)33(5)10-9-23-15-24(39)22(19-36)17-32(23,4)25(33)16-27(40)35(34,43)26(31)18-30/h16-17,21,23,26,43H,9-15,18,20H2,1-8H3,(H,37,42)/t21?,23-,26+,30-,31+,32-,33+,34-,35+/m0/s1. The Kier molecular flexibility index (Phi) is 7.56. The summed E-state index contributed by atoms with van der Waals surface area (Å²) < 4.78 is 4.65. The number of alkyl carbamates (subject to hydrolysis) is 1. The summed E-state index contributed by atoms with van der Waals surface area (Å²) in [5.41, 5.74) is -2.92. The van der Waals surface area contributed by atoms with Crippen molar-refractivity contribution in [1.29, 1.82) is 5.26 Å². The van der Waals surface area contributed by atoms with E-state index in [0.29, 0.717) is 25.8 Å². The number of Topliss-reactive ketones (excluding diaryl/α,β-unsaturated/α-hetero) is 1. The molecule has 1 unspecified atom stereocenters. The summed E-state index contributed by atoms with van der Waals surface area (Å²) in [6, 6.07) is 1.34. The summed E-state index contributed by atoms with van der Waals surface area (Å²) in [6.45, 7) is 12.8. The second-order valence-corrected chi connectivity index (χ2v) is 15.9. The van der Waals surface area contributed by atoms with Gasteiger partial charge >= 0.3 is 6.09 Å². The number of carbonyl (C=O) groups excluding carboxylic acids is 4. The molecule has 0 spiro atoms. The Hall–Kier alpha value is -2.99. The van der Waals surface area contributed by atoms with Gasteiger partial charge < -0.3 is 20.1 Å². The molecule has 0 radical (unpaired) electrons.